The van der Waals surface area contributed by atoms with Crippen LogP contribution in [0.4, 0.5) is 14.5 Å². The van der Waals surface area contributed by atoms with Crippen molar-refractivity contribution >= 4 is 18.4 Å². The number of halogens is 2. The molecular formula is C22H22F2N2O3. The molecule has 0 saturated heterocycles. The third-order valence-electron chi connectivity index (χ3n) is 4.86. The number of carbonyl (C=O) groups is 1. The molecule has 7 heteroatoms. The van der Waals surface area contributed by atoms with Gasteiger partial charge in [0.25, 0.3) is 5.92 Å². The average Bonchev–Trinajstić information content (AvgIpc) is 3.16. The van der Waals surface area contributed by atoms with E-state index in [1.54, 1.807) is 12.1 Å². The second kappa shape index (κ2) is 8.03. The summed E-state index contributed by atoms with van der Waals surface area (Å²) in [5, 5.41) is 12.2. The van der Waals surface area contributed by atoms with Crippen molar-refractivity contribution in [2.24, 2.45) is 4.99 Å². The summed E-state index contributed by atoms with van der Waals surface area (Å²) in [6.45, 7) is 8.85. The Morgan fingerprint density at radius 1 is 1.34 bits per heavy atom. The minimum absolute atomic E-state index is 0.0235. The topological polar surface area (TPSA) is 70.9 Å². The highest BCUT2D eigenvalue weighted by Crippen LogP contribution is 2.43. The normalized spacial score (nSPS) is 12.8. The predicted molar refractivity (Wildman–Crippen MR) is 109 cm³/mol. The van der Waals surface area contributed by atoms with Crippen LogP contribution in [0.2, 0.25) is 0 Å². The van der Waals surface area contributed by atoms with Crippen molar-refractivity contribution in [2.75, 3.05) is 18.5 Å². The van der Waals surface area contributed by atoms with Crippen LogP contribution in [0, 0.1) is 0 Å². The number of hydrogen-bond acceptors (Lipinski definition) is 4. The Morgan fingerprint density at radius 2 is 2.03 bits per heavy atom. The van der Waals surface area contributed by atoms with Crippen LogP contribution in [0.3, 0.4) is 0 Å². The lowest BCUT2D eigenvalue weighted by molar-refractivity contribution is -0.132. The van der Waals surface area contributed by atoms with E-state index in [9.17, 15) is 13.6 Å². The molecule has 0 unspecified atom stereocenters. The lowest BCUT2D eigenvalue weighted by atomic mass is 9.94. The highest BCUT2D eigenvalue weighted by molar-refractivity contribution is 5.87. The van der Waals surface area contributed by atoms with E-state index in [4.69, 9.17) is 9.84 Å². The number of ether oxygens (including phenoxy) is 1. The number of alkyl halides is 2. The highest BCUT2D eigenvalue weighted by atomic mass is 19.3. The van der Waals surface area contributed by atoms with E-state index in [0.29, 0.717) is 31.0 Å². The number of aliphatic imine (C=N–C) groups is 1. The average molecular weight is 400 g/mol. The number of aliphatic carboxylic acids is 1. The highest BCUT2D eigenvalue weighted by Gasteiger charge is 2.26. The number of fused-ring (bicyclic) bond motifs is 1. The van der Waals surface area contributed by atoms with E-state index in [1.165, 1.54) is 12.1 Å². The van der Waals surface area contributed by atoms with Crippen LogP contribution < -0.4 is 10.1 Å². The summed E-state index contributed by atoms with van der Waals surface area (Å²) in [6.07, 6.45) is 0.674. The van der Waals surface area contributed by atoms with Crippen molar-refractivity contribution in [1.82, 2.24) is 0 Å². The van der Waals surface area contributed by atoms with Crippen LogP contribution in [0.15, 0.2) is 47.5 Å². The summed E-state index contributed by atoms with van der Waals surface area (Å²) in [5.74, 6) is -3.30. The van der Waals surface area contributed by atoms with Gasteiger partial charge >= 0.3 is 5.97 Å². The van der Waals surface area contributed by atoms with Gasteiger partial charge in [-0.05, 0) is 18.3 Å². The minimum Gasteiger partial charge on any atom is -0.492 e. The Morgan fingerprint density at radius 3 is 2.62 bits per heavy atom. The van der Waals surface area contributed by atoms with Crippen LogP contribution in [-0.4, -0.2) is 30.9 Å². The Labute approximate surface area is 167 Å². The van der Waals surface area contributed by atoms with Crippen molar-refractivity contribution in [1.29, 1.82) is 0 Å². The van der Waals surface area contributed by atoms with E-state index in [0.717, 1.165) is 29.2 Å². The summed E-state index contributed by atoms with van der Waals surface area (Å²) in [6, 6.07) is 7.90. The molecule has 2 aromatic rings. The number of carboxylic acid groups (broad SMARTS) is 1. The summed E-state index contributed by atoms with van der Waals surface area (Å²) in [7, 11) is 0. The molecule has 0 bridgehead atoms. The molecule has 0 amide bonds. The van der Waals surface area contributed by atoms with Gasteiger partial charge in [0.05, 0.1) is 13.2 Å². The molecule has 1 aliphatic heterocycles. The molecule has 0 saturated carbocycles. The van der Waals surface area contributed by atoms with E-state index in [2.05, 4.69) is 23.6 Å². The van der Waals surface area contributed by atoms with Crippen LogP contribution in [0.25, 0.3) is 11.1 Å². The Balaban J connectivity index is 2.06. The SMILES string of the molecule is C=NCc1c(NCC(=C)C(=O)O)cc(-c2ccc(C(C)(F)F)cc2)c2c1CCO2. The van der Waals surface area contributed by atoms with Gasteiger partial charge in [0.1, 0.15) is 5.75 Å². The Kier molecular flexibility index (Phi) is 5.68. The number of carboxylic acids is 1. The zero-order chi connectivity index (χ0) is 21.2. The van der Waals surface area contributed by atoms with Crippen molar-refractivity contribution < 1.29 is 23.4 Å². The van der Waals surface area contributed by atoms with E-state index < -0.39 is 11.9 Å². The molecular weight excluding hydrogens is 378 g/mol. The number of anilines is 1. The van der Waals surface area contributed by atoms with Crippen molar-refractivity contribution in [2.45, 2.75) is 25.8 Å². The van der Waals surface area contributed by atoms with Crippen LogP contribution >= 0.6 is 0 Å². The fraction of sp³-hybridized carbons (Fsp3) is 0.273. The third-order valence-corrected chi connectivity index (χ3v) is 4.86. The van der Waals surface area contributed by atoms with Gasteiger partial charge in [-0.25, -0.2) is 13.6 Å². The van der Waals surface area contributed by atoms with Crippen molar-refractivity contribution in [3.63, 3.8) is 0 Å². The summed E-state index contributed by atoms with van der Waals surface area (Å²) in [4.78, 5) is 15.1. The van der Waals surface area contributed by atoms with Gasteiger partial charge in [0, 0.05) is 53.4 Å². The maximum atomic E-state index is 13.5. The zero-order valence-corrected chi connectivity index (χ0v) is 16.1. The molecule has 3 rings (SSSR count). The van der Waals surface area contributed by atoms with Gasteiger partial charge in [-0.3, -0.25) is 4.99 Å². The second-order valence-corrected chi connectivity index (χ2v) is 6.97. The monoisotopic (exact) mass is 400 g/mol. The largest absolute Gasteiger partial charge is 0.492 e. The van der Waals surface area contributed by atoms with E-state index in [-0.39, 0.29) is 17.7 Å². The van der Waals surface area contributed by atoms with Gasteiger partial charge in [-0.2, -0.15) is 0 Å². The maximum absolute atomic E-state index is 13.5. The first-order valence-electron chi connectivity index (χ1n) is 9.10. The molecule has 152 valence electrons. The molecule has 5 nitrogen and oxygen atoms in total. The van der Waals surface area contributed by atoms with Gasteiger partial charge < -0.3 is 15.2 Å². The summed E-state index contributed by atoms with van der Waals surface area (Å²) in [5.41, 5.74) is 3.98. The van der Waals surface area contributed by atoms with Crippen LogP contribution in [-0.2, 0) is 23.7 Å². The second-order valence-electron chi connectivity index (χ2n) is 6.97. The van der Waals surface area contributed by atoms with Gasteiger partial charge in [-0.1, -0.05) is 30.8 Å². The number of nitrogens with zero attached hydrogens (tertiary/aromatic N) is 1. The molecule has 0 fully saturated rings. The van der Waals surface area contributed by atoms with Gasteiger partial charge in [0.2, 0.25) is 0 Å². The molecule has 2 N–H and O–H groups in total. The van der Waals surface area contributed by atoms with Crippen molar-refractivity contribution in [3.8, 4) is 16.9 Å². The smallest absolute Gasteiger partial charge is 0.332 e. The minimum atomic E-state index is -2.92. The molecule has 1 heterocycles. The van der Waals surface area contributed by atoms with E-state index >= 15 is 0 Å². The number of nitrogens with one attached hydrogen (secondary N) is 1. The molecule has 29 heavy (non-hydrogen) atoms. The summed E-state index contributed by atoms with van der Waals surface area (Å²) < 4.78 is 32.9. The molecule has 0 radical (unpaired) electrons. The molecule has 2 aromatic carbocycles. The Bertz CT molecular complexity index is 964. The fourth-order valence-electron chi connectivity index (χ4n) is 3.33. The Hall–Kier alpha value is -3.22. The van der Waals surface area contributed by atoms with Crippen LogP contribution in [0.5, 0.6) is 5.75 Å². The fourth-order valence-corrected chi connectivity index (χ4v) is 3.33. The maximum Gasteiger partial charge on any atom is 0.332 e. The number of rotatable bonds is 8. The lowest BCUT2D eigenvalue weighted by Gasteiger charge is -2.18. The third kappa shape index (κ3) is 4.29. The van der Waals surface area contributed by atoms with E-state index in [1.807, 2.05) is 6.07 Å². The number of benzene rings is 2. The summed E-state index contributed by atoms with van der Waals surface area (Å²) >= 11 is 0. The number of hydrogen-bond donors (Lipinski definition) is 2. The predicted octanol–water partition coefficient (Wildman–Crippen LogP) is 4.65. The molecule has 0 spiro atoms. The van der Waals surface area contributed by atoms with Crippen molar-refractivity contribution in [3.05, 3.63) is 59.2 Å². The first-order chi connectivity index (χ1) is 13.7. The quantitative estimate of drug-likeness (QED) is 0.500. The molecule has 0 atom stereocenters. The molecule has 0 aromatic heterocycles. The molecule has 0 aliphatic carbocycles. The zero-order valence-electron chi connectivity index (χ0n) is 16.1. The molecule has 1 aliphatic rings. The van der Waals surface area contributed by atoms with Gasteiger partial charge in [-0.15, -0.1) is 0 Å². The first kappa shape index (κ1) is 20.5. The first-order valence-corrected chi connectivity index (χ1v) is 9.10. The van der Waals surface area contributed by atoms with Crippen LogP contribution in [0.1, 0.15) is 23.6 Å². The van der Waals surface area contributed by atoms with Gasteiger partial charge in [0.15, 0.2) is 0 Å². The standard InChI is InChI=1S/C22H22F2N2O3/c1-13(21(27)28)11-26-19-10-17(14-4-6-15(7-5-14)22(2,23)24)20-16(8-9-29-20)18(19)12-25-3/h4-7,10,26H,1,3,8-9,11-12H2,2H3,(H,27,28). The lowest BCUT2D eigenvalue weighted by Crippen LogP contribution is -2.13.